The molecule has 0 saturated heterocycles. The molecule has 0 bridgehead atoms. The summed E-state index contributed by atoms with van der Waals surface area (Å²) in [5.41, 5.74) is -0.717. The van der Waals surface area contributed by atoms with Gasteiger partial charge >= 0.3 is 5.69 Å². The quantitative estimate of drug-likeness (QED) is 0.621. The first kappa shape index (κ1) is 9.82. The maximum absolute atomic E-state index is 13.2. The molecule has 1 aromatic rings. The van der Waals surface area contributed by atoms with E-state index in [-0.39, 0.29) is 11.7 Å². The van der Waals surface area contributed by atoms with Gasteiger partial charge in [-0.3, -0.25) is 10.1 Å². The Hall–Kier alpha value is -1.72. The second kappa shape index (κ2) is 3.45. The number of benzene rings is 1. The number of halogens is 2. The minimum atomic E-state index is -1.15. The average molecular weight is 214 g/mol. The summed E-state index contributed by atoms with van der Waals surface area (Å²) in [6, 6.07) is 1.58. The average Bonchev–Trinajstić information content (AvgIpc) is 2.92. The second-order valence-electron chi connectivity index (χ2n) is 3.46. The van der Waals surface area contributed by atoms with Gasteiger partial charge < -0.3 is 5.32 Å². The number of nitrogens with zero attached hydrogens (tertiary/aromatic N) is 1. The SMILES string of the molecule is O=[N+]([O-])c1cc(NC2CC2)c(F)cc1F. The second-order valence-corrected chi connectivity index (χ2v) is 3.46. The van der Waals surface area contributed by atoms with Crippen LogP contribution in [0.25, 0.3) is 0 Å². The topological polar surface area (TPSA) is 55.2 Å². The van der Waals surface area contributed by atoms with Crippen molar-refractivity contribution >= 4 is 11.4 Å². The van der Waals surface area contributed by atoms with Crippen LogP contribution in [-0.2, 0) is 0 Å². The molecular weight excluding hydrogens is 206 g/mol. The van der Waals surface area contributed by atoms with Gasteiger partial charge in [0.05, 0.1) is 10.6 Å². The van der Waals surface area contributed by atoms with Crippen LogP contribution < -0.4 is 5.32 Å². The molecule has 15 heavy (non-hydrogen) atoms. The Labute approximate surface area is 84.1 Å². The van der Waals surface area contributed by atoms with Gasteiger partial charge in [-0.05, 0) is 12.8 Å². The fraction of sp³-hybridized carbons (Fsp3) is 0.333. The molecule has 1 fully saturated rings. The van der Waals surface area contributed by atoms with Crippen LogP contribution in [0, 0.1) is 21.7 Å². The number of hydrogen-bond acceptors (Lipinski definition) is 3. The summed E-state index contributed by atoms with van der Waals surface area (Å²) in [6.45, 7) is 0. The zero-order chi connectivity index (χ0) is 11.0. The smallest absolute Gasteiger partial charge is 0.307 e. The molecule has 6 heteroatoms. The lowest BCUT2D eigenvalue weighted by Gasteiger charge is -2.05. The Kier molecular flexibility index (Phi) is 2.26. The third-order valence-electron chi connectivity index (χ3n) is 2.17. The molecule has 1 aliphatic rings. The summed E-state index contributed by atoms with van der Waals surface area (Å²) in [7, 11) is 0. The molecule has 2 rings (SSSR count). The Morgan fingerprint density at radius 1 is 1.33 bits per heavy atom. The first-order valence-corrected chi connectivity index (χ1v) is 4.48. The molecule has 4 nitrogen and oxygen atoms in total. The van der Waals surface area contributed by atoms with Crippen molar-refractivity contribution in [2.45, 2.75) is 18.9 Å². The summed E-state index contributed by atoms with van der Waals surface area (Å²) in [5.74, 6) is -1.95. The number of rotatable bonds is 3. The molecule has 0 aliphatic heterocycles. The first-order chi connectivity index (χ1) is 7.08. The van der Waals surface area contributed by atoms with E-state index in [1.54, 1.807) is 0 Å². The van der Waals surface area contributed by atoms with Crippen LogP contribution in [-0.4, -0.2) is 11.0 Å². The minimum absolute atomic E-state index is 0.00870. The largest absolute Gasteiger partial charge is 0.380 e. The molecular formula is C9H8F2N2O2. The molecule has 0 heterocycles. The summed E-state index contributed by atoms with van der Waals surface area (Å²) < 4.78 is 26.1. The van der Waals surface area contributed by atoms with Crippen LogP contribution in [0.1, 0.15) is 12.8 Å². The predicted molar refractivity (Wildman–Crippen MR) is 49.7 cm³/mol. The maximum Gasteiger partial charge on any atom is 0.307 e. The van der Waals surface area contributed by atoms with Crippen molar-refractivity contribution in [3.63, 3.8) is 0 Å². The van der Waals surface area contributed by atoms with Crippen molar-refractivity contribution in [3.8, 4) is 0 Å². The van der Waals surface area contributed by atoms with E-state index in [4.69, 9.17) is 0 Å². The van der Waals surface area contributed by atoms with Crippen molar-refractivity contribution in [2.24, 2.45) is 0 Å². The predicted octanol–water partition coefficient (Wildman–Crippen LogP) is 2.45. The van der Waals surface area contributed by atoms with E-state index in [1.807, 2.05) is 0 Å². The van der Waals surface area contributed by atoms with Crippen molar-refractivity contribution in [1.29, 1.82) is 0 Å². The van der Waals surface area contributed by atoms with Gasteiger partial charge in [0, 0.05) is 18.2 Å². The molecule has 0 spiro atoms. The lowest BCUT2D eigenvalue weighted by atomic mass is 10.2. The number of nitrogens with one attached hydrogen (secondary N) is 1. The highest BCUT2D eigenvalue weighted by Gasteiger charge is 2.25. The van der Waals surface area contributed by atoms with Gasteiger partial charge in [-0.1, -0.05) is 0 Å². The van der Waals surface area contributed by atoms with Gasteiger partial charge in [-0.25, -0.2) is 4.39 Å². The number of nitro benzene ring substituents is 1. The molecule has 80 valence electrons. The van der Waals surface area contributed by atoms with Crippen LogP contribution in [0.2, 0.25) is 0 Å². The summed E-state index contributed by atoms with van der Waals surface area (Å²) in [4.78, 5) is 9.53. The van der Waals surface area contributed by atoms with Crippen molar-refractivity contribution in [1.82, 2.24) is 0 Å². The highest BCUT2D eigenvalue weighted by atomic mass is 19.1. The van der Waals surface area contributed by atoms with E-state index >= 15 is 0 Å². The lowest BCUT2D eigenvalue weighted by molar-refractivity contribution is -0.387. The monoisotopic (exact) mass is 214 g/mol. The first-order valence-electron chi connectivity index (χ1n) is 4.48. The highest BCUT2D eigenvalue weighted by Crippen LogP contribution is 2.30. The van der Waals surface area contributed by atoms with Gasteiger partial charge in [-0.15, -0.1) is 0 Å². The molecule has 1 N–H and O–H groups in total. The van der Waals surface area contributed by atoms with Gasteiger partial charge in [0.2, 0.25) is 5.82 Å². The van der Waals surface area contributed by atoms with Gasteiger partial charge in [0.25, 0.3) is 0 Å². The van der Waals surface area contributed by atoms with Gasteiger partial charge in [0.15, 0.2) is 0 Å². The third-order valence-corrected chi connectivity index (χ3v) is 2.17. The number of hydrogen-bond donors (Lipinski definition) is 1. The molecule has 0 unspecified atom stereocenters. The lowest BCUT2D eigenvalue weighted by Crippen LogP contribution is -2.05. The Morgan fingerprint density at radius 3 is 2.53 bits per heavy atom. The van der Waals surface area contributed by atoms with Crippen LogP contribution >= 0.6 is 0 Å². The Morgan fingerprint density at radius 2 is 2.00 bits per heavy atom. The number of nitro groups is 1. The molecule has 0 atom stereocenters. The third kappa shape index (κ3) is 2.03. The molecule has 1 aromatic carbocycles. The fourth-order valence-corrected chi connectivity index (χ4v) is 1.24. The van der Waals surface area contributed by atoms with Gasteiger partial charge in [0.1, 0.15) is 5.82 Å². The van der Waals surface area contributed by atoms with Crippen molar-refractivity contribution in [2.75, 3.05) is 5.32 Å². The highest BCUT2D eigenvalue weighted by molar-refractivity contribution is 5.54. The van der Waals surface area contributed by atoms with Crippen molar-refractivity contribution < 1.29 is 13.7 Å². The summed E-state index contributed by atoms with van der Waals surface area (Å²) in [6.07, 6.45) is 1.81. The molecule has 1 saturated carbocycles. The minimum Gasteiger partial charge on any atom is -0.380 e. The Bertz CT molecular complexity index is 419. The number of anilines is 1. The van der Waals surface area contributed by atoms with E-state index in [9.17, 15) is 18.9 Å². The van der Waals surface area contributed by atoms with E-state index in [0.29, 0.717) is 6.07 Å². The molecule has 0 radical (unpaired) electrons. The van der Waals surface area contributed by atoms with E-state index in [2.05, 4.69) is 5.32 Å². The van der Waals surface area contributed by atoms with E-state index in [0.717, 1.165) is 18.9 Å². The fourth-order valence-electron chi connectivity index (χ4n) is 1.24. The zero-order valence-electron chi connectivity index (χ0n) is 7.67. The molecule has 1 aliphatic carbocycles. The molecule has 0 amide bonds. The van der Waals surface area contributed by atoms with Crippen molar-refractivity contribution in [3.05, 3.63) is 33.9 Å². The molecule has 0 aromatic heterocycles. The normalized spacial score (nSPS) is 15.1. The summed E-state index contributed by atoms with van der Waals surface area (Å²) >= 11 is 0. The van der Waals surface area contributed by atoms with Crippen LogP contribution in [0.15, 0.2) is 12.1 Å². The maximum atomic E-state index is 13.2. The van der Waals surface area contributed by atoms with Gasteiger partial charge in [-0.2, -0.15) is 4.39 Å². The standard InChI is InChI=1S/C9H8F2N2O2/c10-6-3-7(11)9(13(14)15)4-8(6)12-5-1-2-5/h3-5,12H,1-2H2. The van der Waals surface area contributed by atoms with E-state index in [1.165, 1.54) is 0 Å². The summed E-state index contributed by atoms with van der Waals surface area (Å²) in [5, 5.41) is 13.2. The van der Waals surface area contributed by atoms with E-state index < -0.39 is 22.2 Å². The zero-order valence-corrected chi connectivity index (χ0v) is 7.67. The Balaban J connectivity index is 2.35. The van der Waals surface area contributed by atoms with Crippen LogP contribution in [0.4, 0.5) is 20.2 Å². The van der Waals surface area contributed by atoms with Crippen LogP contribution in [0.5, 0.6) is 0 Å². The van der Waals surface area contributed by atoms with Crippen LogP contribution in [0.3, 0.4) is 0 Å².